The molecule has 28 heavy (non-hydrogen) atoms. The minimum Gasteiger partial charge on any atom is -0.396 e. The molecule has 1 N–H and O–H groups in total. The van der Waals surface area contributed by atoms with Gasteiger partial charge in [-0.05, 0) is 24.8 Å². The van der Waals surface area contributed by atoms with Crippen LogP contribution in [0, 0.1) is 0 Å². The highest BCUT2D eigenvalue weighted by atomic mass is 16.2. The maximum absolute atomic E-state index is 12.8. The first-order chi connectivity index (χ1) is 13.8. The first-order valence-corrected chi connectivity index (χ1v) is 11.1. The Morgan fingerprint density at radius 3 is 1.71 bits per heavy atom. The molecule has 0 amide bonds. The molecular formula is C26H36O2. The lowest BCUT2D eigenvalue weighted by molar-refractivity contribution is 0.103. The van der Waals surface area contributed by atoms with E-state index in [1.165, 1.54) is 63.4 Å². The molecule has 0 aliphatic heterocycles. The molecular weight excluding hydrogens is 344 g/mol. The maximum Gasteiger partial charge on any atom is 0.193 e. The van der Waals surface area contributed by atoms with E-state index >= 15 is 0 Å². The predicted octanol–water partition coefficient (Wildman–Crippen LogP) is 6.74. The van der Waals surface area contributed by atoms with Crippen molar-refractivity contribution in [2.75, 3.05) is 6.61 Å². The van der Waals surface area contributed by atoms with Gasteiger partial charge in [-0.25, -0.2) is 0 Å². The fourth-order valence-electron chi connectivity index (χ4n) is 3.72. The number of aryl methyl sites for hydroxylation is 1. The van der Waals surface area contributed by atoms with Gasteiger partial charge in [0.1, 0.15) is 0 Å². The molecule has 0 aliphatic carbocycles. The first kappa shape index (κ1) is 22.4. The predicted molar refractivity (Wildman–Crippen MR) is 118 cm³/mol. The van der Waals surface area contributed by atoms with E-state index in [0.717, 1.165) is 30.4 Å². The summed E-state index contributed by atoms with van der Waals surface area (Å²) in [6.45, 7) is 0.338. The fourth-order valence-corrected chi connectivity index (χ4v) is 3.72. The summed E-state index contributed by atoms with van der Waals surface area (Å²) in [5, 5.41) is 8.76. The van der Waals surface area contributed by atoms with Crippen LogP contribution in [0.25, 0.3) is 0 Å². The number of aliphatic hydroxyl groups excluding tert-OH is 1. The second-order valence-corrected chi connectivity index (χ2v) is 7.71. The minimum atomic E-state index is 0.134. The van der Waals surface area contributed by atoms with E-state index in [4.69, 9.17) is 5.11 Å². The Morgan fingerprint density at radius 1 is 0.607 bits per heavy atom. The normalized spacial score (nSPS) is 10.9. The molecule has 0 aromatic heterocycles. The van der Waals surface area contributed by atoms with Crippen LogP contribution in [0.2, 0.25) is 0 Å². The molecule has 0 saturated heterocycles. The van der Waals surface area contributed by atoms with E-state index in [2.05, 4.69) is 6.07 Å². The fraction of sp³-hybridized carbons (Fsp3) is 0.500. The van der Waals surface area contributed by atoms with Gasteiger partial charge in [0.15, 0.2) is 5.78 Å². The minimum absolute atomic E-state index is 0.134. The Hall–Kier alpha value is -1.93. The summed E-state index contributed by atoms with van der Waals surface area (Å²) < 4.78 is 0. The second-order valence-electron chi connectivity index (χ2n) is 7.71. The second kappa shape index (κ2) is 14.1. The van der Waals surface area contributed by atoms with E-state index in [0.29, 0.717) is 6.61 Å². The highest BCUT2D eigenvalue weighted by Crippen LogP contribution is 2.18. The van der Waals surface area contributed by atoms with Crippen molar-refractivity contribution in [1.82, 2.24) is 0 Å². The number of unbranched alkanes of at least 4 members (excludes halogenated alkanes) is 10. The van der Waals surface area contributed by atoms with Crippen LogP contribution in [0.1, 0.15) is 92.1 Å². The van der Waals surface area contributed by atoms with Crippen molar-refractivity contribution >= 4 is 5.78 Å². The summed E-state index contributed by atoms with van der Waals surface area (Å²) in [4.78, 5) is 12.8. The number of carbonyl (C=O) groups excluding carboxylic acids is 1. The van der Waals surface area contributed by atoms with E-state index in [9.17, 15) is 4.79 Å². The Labute approximate surface area is 171 Å². The smallest absolute Gasteiger partial charge is 0.193 e. The molecule has 0 atom stereocenters. The van der Waals surface area contributed by atoms with Crippen molar-refractivity contribution in [2.45, 2.75) is 77.0 Å². The van der Waals surface area contributed by atoms with Crippen molar-refractivity contribution in [3.8, 4) is 0 Å². The molecule has 152 valence electrons. The molecule has 0 spiro atoms. The average molecular weight is 381 g/mol. The molecule has 2 nitrogen and oxygen atoms in total. The lowest BCUT2D eigenvalue weighted by Gasteiger charge is -2.09. The van der Waals surface area contributed by atoms with E-state index in [1.807, 2.05) is 48.5 Å². The van der Waals surface area contributed by atoms with Gasteiger partial charge in [0.2, 0.25) is 0 Å². The van der Waals surface area contributed by atoms with Gasteiger partial charge in [-0.15, -0.1) is 0 Å². The average Bonchev–Trinajstić information content (AvgIpc) is 2.75. The summed E-state index contributed by atoms with van der Waals surface area (Å²) in [7, 11) is 0. The third-order valence-electron chi connectivity index (χ3n) is 5.40. The van der Waals surface area contributed by atoms with Crippen molar-refractivity contribution in [3.63, 3.8) is 0 Å². The maximum atomic E-state index is 12.8. The molecule has 0 aliphatic rings. The molecule has 2 rings (SSSR count). The number of rotatable bonds is 15. The highest BCUT2D eigenvalue weighted by Gasteiger charge is 2.12. The molecule has 0 bridgehead atoms. The summed E-state index contributed by atoms with van der Waals surface area (Å²) in [5.74, 6) is 0.134. The van der Waals surface area contributed by atoms with Gasteiger partial charge in [-0.3, -0.25) is 4.79 Å². The zero-order valence-corrected chi connectivity index (χ0v) is 17.2. The van der Waals surface area contributed by atoms with Crippen LogP contribution in [0.5, 0.6) is 0 Å². The molecule has 0 unspecified atom stereocenters. The summed E-state index contributed by atoms with van der Waals surface area (Å²) in [5.41, 5.74) is 2.81. The van der Waals surface area contributed by atoms with Crippen LogP contribution >= 0.6 is 0 Å². The number of aliphatic hydroxyl groups is 1. The number of hydrogen-bond acceptors (Lipinski definition) is 2. The Balaban J connectivity index is 1.62. The molecule has 0 heterocycles. The first-order valence-electron chi connectivity index (χ1n) is 11.1. The Kier molecular flexibility index (Phi) is 11.3. The standard InChI is InChI=1S/C26H36O2/c27-22-16-9-7-5-3-1-2-4-6-8-11-17-23-18-14-15-21-25(23)26(28)24-19-12-10-13-20-24/h10,12-15,18-21,27H,1-9,11,16-17,22H2. The molecule has 0 saturated carbocycles. The van der Waals surface area contributed by atoms with Crippen LogP contribution in [-0.4, -0.2) is 17.5 Å². The van der Waals surface area contributed by atoms with Gasteiger partial charge in [0.05, 0.1) is 0 Å². The van der Waals surface area contributed by atoms with Gasteiger partial charge in [-0.2, -0.15) is 0 Å². The molecule has 2 aromatic carbocycles. The van der Waals surface area contributed by atoms with E-state index in [1.54, 1.807) is 0 Å². The number of hydrogen-bond donors (Lipinski definition) is 1. The van der Waals surface area contributed by atoms with Crippen LogP contribution in [0.4, 0.5) is 0 Å². The van der Waals surface area contributed by atoms with Crippen molar-refractivity contribution in [1.29, 1.82) is 0 Å². The third-order valence-corrected chi connectivity index (χ3v) is 5.40. The van der Waals surface area contributed by atoms with E-state index < -0.39 is 0 Å². The molecule has 2 aromatic rings. The van der Waals surface area contributed by atoms with Crippen LogP contribution in [0.15, 0.2) is 54.6 Å². The Bertz CT molecular complexity index is 663. The van der Waals surface area contributed by atoms with Gasteiger partial charge < -0.3 is 5.11 Å². The van der Waals surface area contributed by atoms with Crippen molar-refractivity contribution < 1.29 is 9.90 Å². The van der Waals surface area contributed by atoms with Crippen LogP contribution < -0.4 is 0 Å². The lowest BCUT2D eigenvalue weighted by Crippen LogP contribution is -2.05. The SMILES string of the molecule is O=C(c1ccccc1)c1ccccc1CCCCCCCCCCCCCO. The summed E-state index contributed by atoms with van der Waals surface area (Å²) in [6, 6.07) is 17.6. The number of benzene rings is 2. The van der Waals surface area contributed by atoms with Crippen molar-refractivity contribution in [3.05, 3.63) is 71.3 Å². The topological polar surface area (TPSA) is 37.3 Å². The Morgan fingerprint density at radius 2 is 1.11 bits per heavy atom. The quantitative estimate of drug-likeness (QED) is 0.274. The number of carbonyl (C=O) groups is 1. The molecule has 2 heteroatoms. The van der Waals surface area contributed by atoms with Gasteiger partial charge >= 0.3 is 0 Å². The summed E-state index contributed by atoms with van der Waals surface area (Å²) >= 11 is 0. The third kappa shape index (κ3) is 8.39. The number of ketones is 1. The van der Waals surface area contributed by atoms with Gasteiger partial charge in [0, 0.05) is 17.7 Å². The van der Waals surface area contributed by atoms with Crippen molar-refractivity contribution in [2.24, 2.45) is 0 Å². The van der Waals surface area contributed by atoms with E-state index in [-0.39, 0.29) is 5.78 Å². The van der Waals surface area contributed by atoms with Crippen LogP contribution in [-0.2, 0) is 6.42 Å². The zero-order valence-electron chi connectivity index (χ0n) is 17.2. The molecule has 0 fully saturated rings. The van der Waals surface area contributed by atoms with Gasteiger partial charge in [0.25, 0.3) is 0 Å². The lowest BCUT2D eigenvalue weighted by atomic mass is 9.95. The molecule has 0 radical (unpaired) electrons. The monoisotopic (exact) mass is 380 g/mol. The largest absolute Gasteiger partial charge is 0.396 e. The highest BCUT2D eigenvalue weighted by molar-refractivity contribution is 6.09. The summed E-state index contributed by atoms with van der Waals surface area (Å²) in [6.07, 6.45) is 14.7. The van der Waals surface area contributed by atoms with Crippen LogP contribution in [0.3, 0.4) is 0 Å². The zero-order chi connectivity index (χ0) is 19.9. The van der Waals surface area contributed by atoms with Gasteiger partial charge in [-0.1, -0.05) is 112 Å².